The van der Waals surface area contributed by atoms with Crippen LogP contribution in [0, 0.1) is 5.82 Å². The second-order valence-electron chi connectivity index (χ2n) is 6.33. The first-order valence-electron chi connectivity index (χ1n) is 8.57. The van der Waals surface area contributed by atoms with E-state index in [1.165, 1.54) is 41.8 Å². The maximum Gasteiger partial charge on any atom is 0.269 e. The molecule has 0 aliphatic heterocycles. The van der Waals surface area contributed by atoms with E-state index in [9.17, 15) is 12.8 Å². The van der Waals surface area contributed by atoms with Crippen LogP contribution in [0.15, 0.2) is 78.1 Å². The Morgan fingerprint density at radius 1 is 1.11 bits per heavy atom. The molecule has 0 fully saturated rings. The monoisotopic (exact) mass is 396 g/mol. The quantitative estimate of drug-likeness (QED) is 0.511. The lowest BCUT2D eigenvalue weighted by molar-refractivity contribution is 0.411. The minimum absolute atomic E-state index is 0.110. The fourth-order valence-electron chi connectivity index (χ4n) is 3.10. The summed E-state index contributed by atoms with van der Waals surface area (Å²) in [7, 11) is -2.28. The van der Waals surface area contributed by atoms with Crippen molar-refractivity contribution in [2.75, 3.05) is 7.11 Å². The average molecular weight is 396 g/mol. The van der Waals surface area contributed by atoms with Gasteiger partial charge in [0.2, 0.25) is 0 Å². The van der Waals surface area contributed by atoms with E-state index < -0.39 is 10.0 Å². The van der Waals surface area contributed by atoms with Gasteiger partial charge in [-0.1, -0.05) is 18.2 Å². The minimum Gasteiger partial charge on any atom is -0.497 e. The molecule has 0 amide bonds. The lowest BCUT2D eigenvalue weighted by Gasteiger charge is -2.09. The Balaban J connectivity index is 1.75. The molecule has 2 heterocycles. The Morgan fingerprint density at radius 2 is 1.96 bits per heavy atom. The van der Waals surface area contributed by atoms with Crippen molar-refractivity contribution in [3.8, 4) is 5.75 Å². The van der Waals surface area contributed by atoms with Crippen molar-refractivity contribution in [2.45, 2.75) is 11.3 Å². The van der Waals surface area contributed by atoms with Crippen molar-refractivity contribution >= 4 is 20.9 Å². The maximum absolute atomic E-state index is 14.3. The Labute approximate surface area is 162 Å². The van der Waals surface area contributed by atoms with Crippen molar-refractivity contribution in [3.05, 3.63) is 90.1 Å². The fraction of sp³-hybridized carbons (Fsp3) is 0.0952. The van der Waals surface area contributed by atoms with Crippen molar-refractivity contribution in [2.24, 2.45) is 0 Å². The summed E-state index contributed by atoms with van der Waals surface area (Å²) in [5.41, 5.74) is 1.85. The number of ether oxygens (including phenoxy) is 1. The van der Waals surface area contributed by atoms with E-state index >= 15 is 0 Å². The van der Waals surface area contributed by atoms with E-state index in [2.05, 4.69) is 4.98 Å². The van der Waals surface area contributed by atoms with Gasteiger partial charge in [0.15, 0.2) is 0 Å². The highest BCUT2D eigenvalue weighted by molar-refractivity contribution is 7.90. The molecule has 0 unspecified atom stereocenters. The van der Waals surface area contributed by atoms with Gasteiger partial charge in [0.25, 0.3) is 10.0 Å². The molecule has 0 saturated heterocycles. The average Bonchev–Trinajstić information content (AvgIpc) is 3.14. The van der Waals surface area contributed by atoms with Gasteiger partial charge in [-0.05, 0) is 41.5 Å². The lowest BCUT2D eigenvalue weighted by atomic mass is 10.0. The molecule has 0 aliphatic rings. The zero-order valence-electron chi connectivity index (χ0n) is 15.0. The Morgan fingerprint density at radius 3 is 2.68 bits per heavy atom. The van der Waals surface area contributed by atoms with E-state index in [0.29, 0.717) is 23.3 Å². The number of pyridine rings is 1. The third kappa shape index (κ3) is 3.25. The van der Waals surface area contributed by atoms with Crippen LogP contribution in [-0.2, 0) is 16.4 Å². The van der Waals surface area contributed by atoms with Crippen LogP contribution in [0.25, 0.3) is 10.9 Å². The van der Waals surface area contributed by atoms with Gasteiger partial charge in [-0.25, -0.2) is 16.8 Å². The predicted molar refractivity (Wildman–Crippen MR) is 105 cm³/mol. The Hall–Kier alpha value is -3.19. The SMILES string of the molecule is COc1ccc(Cc2ccc3ccn(S(=O)(=O)c4cccnc4)c3c2)c(F)c1. The number of aromatic nitrogens is 2. The summed E-state index contributed by atoms with van der Waals surface area (Å²) in [5.74, 6) is 0.0888. The molecule has 0 saturated carbocycles. The van der Waals surface area contributed by atoms with E-state index in [1.54, 1.807) is 30.3 Å². The van der Waals surface area contributed by atoms with Gasteiger partial charge >= 0.3 is 0 Å². The number of halogens is 1. The summed E-state index contributed by atoms with van der Waals surface area (Å²) >= 11 is 0. The first-order valence-corrected chi connectivity index (χ1v) is 10.0. The zero-order valence-corrected chi connectivity index (χ0v) is 15.9. The van der Waals surface area contributed by atoms with Crippen LogP contribution in [0.5, 0.6) is 5.75 Å². The first kappa shape index (κ1) is 18.2. The summed E-state index contributed by atoms with van der Waals surface area (Å²) in [6, 6.07) is 15.0. The van der Waals surface area contributed by atoms with Crippen molar-refractivity contribution in [1.82, 2.24) is 8.96 Å². The van der Waals surface area contributed by atoms with Crippen LogP contribution < -0.4 is 4.74 Å². The largest absolute Gasteiger partial charge is 0.497 e. The van der Waals surface area contributed by atoms with Crippen molar-refractivity contribution in [1.29, 1.82) is 0 Å². The standard InChI is InChI=1S/C21H17FN2O3S/c1-27-18-7-6-17(20(22)13-18)11-15-4-5-16-8-10-24(21(16)12-15)28(25,26)19-3-2-9-23-14-19/h2-10,12-14H,11H2,1H3. The van der Waals surface area contributed by atoms with E-state index in [0.717, 1.165) is 10.9 Å². The van der Waals surface area contributed by atoms with Gasteiger partial charge in [0.1, 0.15) is 16.5 Å². The zero-order chi connectivity index (χ0) is 19.7. The summed E-state index contributed by atoms with van der Waals surface area (Å²) in [5, 5.41) is 0.784. The lowest BCUT2D eigenvalue weighted by Crippen LogP contribution is -2.12. The molecule has 0 bridgehead atoms. The molecule has 0 spiro atoms. The highest BCUT2D eigenvalue weighted by atomic mass is 32.2. The highest BCUT2D eigenvalue weighted by Gasteiger charge is 2.19. The number of hydrogen-bond acceptors (Lipinski definition) is 4. The molecule has 7 heteroatoms. The molecule has 4 rings (SSSR count). The minimum atomic E-state index is -3.77. The molecule has 0 atom stereocenters. The fourth-order valence-corrected chi connectivity index (χ4v) is 4.41. The summed E-state index contributed by atoms with van der Waals surface area (Å²) in [4.78, 5) is 4.00. The number of fused-ring (bicyclic) bond motifs is 1. The van der Waals surface area contributed by atoms with Crippen LogP contribution >= 0.6 is 0 Å². The summed E-state index contributed by atoms with van der Waals surface area (Å²) < 4.78 is 46.4. The van der Waals surface area contributed by atoms with E-state index in [1.807, 2.05) is 12.1 Å². The molecule has 2 aromatic heterocycles. The van der Waals surface area contributed by atoms with Crippen LogP contribution in [0.1, 0.15) is 11.1 Å². The van der Waals surface area contributed by atoms with Gasteiger partial charge in [0, 0.05) is 36.5 Å². The highest BCUT2D eigenvalue weighted by Crippen LogP contribution is 2.25. The Bertz CT molecular complexity index is 1250. The molecule has 5 nitrogen and oxygen atoms in total. The third-order valence-electron chi connectivity index (χ3n) is 4.57. The van der Waals surface area contributed by atoms with Crippen LogP contribution in [0.3, 0.4) is 0 Å². The molecular formula is C21H17FN2O3S. The first-order chi connectivity index (χ1) is 13.5. The smallest absolute Gasteiger partial charge is 0.269 e. The number of methoxy groups -OCH3 is 1. The third-order valence-corrected chi connectivity index (χ3v) is 6.24. The van der Waals surface area contributed by atoms with E-state index in [4.69, 9.17) is 4.74 Å². The van der Waals surface area contributed by atoms with Crippen molar-refractivity contribution in [3.63, 3.8) is 0 Å². The molecule has 28 heavy (non-hydrogen) atoms. The molecule has 142 valence electrons. The van der Waals surface area contributed by atoms with Gasteiger partial charge in [0.05, 0.1) is 12.6 Å². The number of rotatable bonds is 5. The molecule has 0 N–H and O–H groups in total. The predicted octanol–water partition coefficient (Wildman–Crippen LogP) is 4.01. The van der Waals surface area contributed by atoms with Gasteiger partial charge in [-0.3, -0.25) is 4.98 Å². The molecule has 2 aromatic carbocycles. The molecule has 0 aliphatic carbocycles. The molecule has 4 aromatic rings. The second kappa shape index (κ2) is 7.09. The van der Waals surface area contributed by atoms with Gasteiger partial charge in [-0.15, -0.1) is 0 Å². The second-order valence-corrected chi connectivity index (χ2v) is 8.15. The topological polar surface area (TPSA) is 61.2 Å². The summed E-state index contributed by atoms with van der Waals surface area (Å²) in [6.45, 7) is 0. The van der Waals surface area contributed by atoms with Gasteiger partial charge in [-0.2, -0.15) is 0 Å². The van der Waals surface area contributed by atoms with Crippen LogP contribution in [-0.4, -0.2) is 24.5 Å². The van der Waals surface area contributed by atoms with Crippen LogP contribution in [0.4, 0.5) is 4.39 Å². The number of nitrogens with zero attached hydrogens (tertiary/aromatic N) is 2. The Kier molecular flexibility index (Phi) is 4.60. The number of hydrogen-bond donors (Lipinski definition) is 0. The van der Waals surface area contributed by atoms with Crippen molar-refractivity contribution < 1.29 is 17.5 Å². The normalized spacial score (nSPS) is 11.6. The van der Waals surface area contributed by atoms with Crippen LogP contribution in [0.2, 0.25) is 0 Å². The van der Waals surface area contributed by atoms with Gasteiger partial charge < -0.3 is 4.74 Å². The van der Waals surface area contributed by atoms with E-state index in [-0.39, 0.29) is 10.7 Å². The summed E-state index contributed by atoms with van der Waals surface area (Å²) in [6.07, 6.45) is 4.70. The molecule has 0 radical (unpaired) electrons. The number of benzene rings is 2. The molecular weight excluding hydrogens is 379 g/mol. The maximum atomic E-state index is 14.3.